The number of aromatic nitrogens is 1. The van der Waals surface area contributed by atoms with Gasteiger partial charge in [0.2, 0.25) is 0 Å². The van der Waals surface area contributed by atoms with E-state index in [1.165, 1.54) is 0 Å². The van der Waals surface area contributed by atoms with Crippen molar-refractivity contribution in [1.82, 2.24) is 4.98 Å². The van der Waals surface area contributed by atoms with Gasteiger partial charge in [-0.05, 0) is 43.7 Å². The predicted octanol–water partition coefficient (Wildman–Crippen LogP) is 2.55. The predicted molar refractivity (Wildman–Crippen MR) is 69.0 cm³/mol. The van der Waals surface area contributed by atoms with Gasteiger partial charge in [-0.15, -0.1) is 0 Å². The first-order chi connectivity index (χ1) is 8.31. The summed E-state index contributed by atoms with van der Waals surface area (Å²) in [5, 5.41) is 1.01. The van der Waals surface area contributed by atoms with Gasteiger partial charge in [-0.2, -0.15) is 0 Å². The molecular weight excluding hydrogens is 212 g/mol. The Kier molecular flexibility index (Phi) is 3.83. The summed E-state index contributed by atoms with van der Waals surface area (Å²) in [6, 6.07) is 9.50. The van der Waals surface area contributed by atoms with Crippen LogP contribution in [0.2, 0.25) is 0 Å². The summed E-state index contributed by atoms with van der Waals surface area (Å²) in [6.07, 6.45) is 4.09. The number of carbonyl (C=O) groups is 1. The third-order valence-electron chi connectivity index (χ3n) is 2.78. The number of rotatable bonds is 5. The zero-order valence-corrected chi connectivity index (χ0v) is 9.73. The van der Waals surface area contributed by atoms with Crippen molar-refractivity contribution in [3.63, 3.8) is 0 Å². The van der Waals surface area contributed by atoms with Gasteiger partial charge in [0.05, 0.1) is 5.52 Å². The third-order valence-corrected chi connectivity index (χ3v) is 2.78. The molecule has 0 radical (unpaired) electrons. The van der Waals surface area contributed by atoms with Gasteiger partial charge < -0.3 is 5.73 Å². The van der Waals surface area contributed by atoms with Crippen LogP contribution in [0.3, 0.4) is 0 Å². The minimum Gasteiger partial charge on any atom is -0.330 e. The highest BCUT2D eigenvalue weighted by Crippen LogP contribution is 2.15. The summed E-state index contributed by atoms with van der Waals surface area (Å²) in [5.74, 6) is 0.184. The van der Waals surface area contributed by atoms with Gasteiger partial charge in [-0.3, -0.25) is 9.78 Å². The van der Waals surface area contributed by atoms with Crippen LogP contribution < -0.4 is 5.73 Å². The van der Waals surface area contributed by atoms with E-state index in [9.17, 15) is 4.79 Å². The maximum Gasteiger partial charge on any atom is 0.162 e. The van der Waals surface area contributed by atoms with Crippen molar-refractivity contribution in [3.8, 4) is 0 Å². The number of unbranched alkanes of at least 4 members (excludes halogenated alkanes) is 1. The number of pyridine rings is 1. The highest BCUT2D eigenvalue weighted by molar-refractivity contribution is 5.99. The SMILES string of the molecule is NCCCCC(=O)c1ccc2ncccc2c1. The van der Waals surface area contributed by atoms with E-state index in [1.807, 2.05) is 30.3 Å². The van der Waals surface area contributed by atoms with Gasteiger partial charge in [0, 0.05) is 23.6 Å². The lowest BCUT2D eigenvalue weighted by Crippen LogP contribution is -2.02. The summed E-state index contributed by atoms with van der Waals surface area (Å²) in [6.45, 7) is 0.648. The molecule has 1 aromatic carbocycles. The molecule has 0 atom stereocenters. The molecule has 88 valence electrons. The zero-order valence-electron chi connectivity index (χ0n) is 9.73. The summed E-state index contributed by atoms with van der Waals surface area (Å²) < 4.78 is 0. The number of hydrogen-bond acceptors (Lipinski definition) is 3. The van der Waals surface area contributed by atoms with Crippen molar-refractivity contribution in [2.24, 2.45) is 5.73 Å². The fourth-order valence-electron chi connectivity index (χ4n) is 1.82. The first-order valence-electron chi connectivity index (χ1n) is 5.89. The molecule has 0 aliphatic carbocycles. The molecule has 0 fully saturated rings. The standard InChI is InChI=1S/C14H16N2O/c15-8-2-1-5-14(17)12-6-7-13-11(10-12)4-3-9-16-13/h3-4,6-7,9-10H,1-2,5,8,15H2. The minimum atomic E-state index is 0.184. The van der Waals surface area contributed by atoms with Crippen LogP contribution >= 0.6 is 0 Å². The first kappa shape index (κ1) is 11.7. The molecule has 0 bridgehead atoms. The van der Waals surface area contributed by atoms with Crippen LogP contribution in [-0.4, -0.2) is 17.3 Å². The van der Waals surface area contributed by atoms with Crippen LogP contribution in [0, 0.1) is 0 Å². The van der Waals surface area contributed by atoms with E-state index in [-0.39, 0.29) is 5.78 Å². The maximum absolute atomic E-state index is 11.9. The smallest absolute Gasteiger partial charge is 0.162 e. The normalized spacial score (nSPS) is 10.6. The van der Waals surface area contributed by atoms with Crippen LogP contribution in [0.1, 0.15) is 29.6 Å². The Balaban J connectivity index is 2.15. The lowest BCUT2D eigenvalue weighted by Gasteiger charge is -2.02. The molecule has 3 heteroatoms. The van der Waals surface area contributed by atoms with Crippen molar-refractivity contribution in [2.45, 2.75) is 19.3 Å². The fourth-order valence-corrected chi connectivity index (χ4v) is 1.82. The Labute approximate surface area is 101 Å². The number of carbonyl (C=O) groups excluding carboxylic acids is 1. The van der Waals surface area contributed by atoms with E-state index in [1.54, 1.807) is 6.20 Å². The topological polar surface area (TPSA) is 56.0 Å². The van der Waals surface area contributed by atoms with Gasteiger partial charge in [0.25, 0.3) is 0 Å². The Morgan fingerprint density at radius 2 is 2.12 bits per heavy atom. The Morgan fingerprint density at radius 1 is 1.24 bits per heavy atom. The highest BCUT2D eigenvalue weighted by atomic mass is 16.1. The van der Waals surface area contributed by atoms with E-state index < -0.39 is 0 Å². The summed E-state index contributed by atoms with van der Waals surface area (Å²) >= 11 is 0. The number of benzene rings is 1. The van der Waals surface area contributed by atoms with Crippen molar-refractivity contribution < 1.29 is 4.79 Å². The Hall–Kier alpha value is -1.74. The largest absolute Gasteiger partial charge is 0.330 e. The summed E-state index contributed by atoms with van der Waals surface area (Å²) in [4.78, 5) is 16.1. The Bertz CT molecular complexity index is 522. The zero-order chi connectivity index (χ0) is 12.1. The van der Waals surface area contributed by atoms with Crippen LogP contribution in [0.25, 0.3) is 10.9 Å². The molecular formula is C14H16N2O. The second kappa shape index (κ2) is 5.55. The van der Waals surface area contributed by atoms with Gasteiger partial charge >= 0.3 is 0 Å². The molecule has 0 saturated heterocycles. The summed E-state index contributed by atoms with van der Waals surface area (Å²) in [7, 11) is 0. The van der Waals surface area contributed by atoms with E-state index in [2.05, 4.69) is 4.98 Å². The molecule has 1 heterocycles. The van der Waals surface area contributed by atoms with E-state index in [0.717, 1.165) is 29.3 Å². The van der Waals surface area contributed by atoms with Crippen LogP contribution in [0.4, 0.5) is 0 Å². The lowest BCUT2D eigenvalue weighted by molar-refractivity contribution is 0.0980. The molecule has 3 nitrogen and oxygen atoms in total. The Morgan fingerprint density at radius 3 is 2.94 bits per heavy atom. The third kappa shape index (κ3) is 2.88. The van der Waals surface area contributed by atoms with Gasteiger partial charge in [0.1, 0.15) is 0 Å². The quantitative estimate of drug-likeness (QED) is 0.632. The van der Waals surface area contributed by atoms with Crippen LogP contribution in [-0.2, 0) is 0 Å². The van der Waals surface area contributed by atoms with Crippen LogP contribution in [0.15, 0.2) is 36.5 Å². The van der Waals surface area contributed by atoms with Gasteiger partial charge in [0.15, 0.2) is 5.78 Å². The van der Waals surface area contributed by atoms with Crippen molar-refractivity contribution in [3.05, 3.63) is 42.1 Å². The molecule has 0 amide bonds. The molecule has 0 aliphatic rings. The van der Waals surface area contributed by atoms with E-state index in [4.69, 9.17) is 5.73 Å². The van der Waals surface area contributed by atoms with Gasteiger partial charge in [-0.1, -0.05) is 6.07 Å². The summed E-state index contributed by atoms with van der Waals surface area (Å²) in [5.41, 5.74) is 7.10. The number of nitrogens with two attached hydrogens (primary N) is 1. The van der Waals surface area contributed by atoms with Crippen molar-refractivity contribution in [2.75, 3.05) is 6.54 Å². The molecule has 1 aromatic heterocycles. The molecule has 0 saturated carbocycles. The van der Waals surface area contributed by atoms with Gasteiger partial charge in [-0.25, -0.2) is 0 Å². The lowest BCUT2D eigenvalue weighted by atomic mass is 10.0. The number of Topliss-reactive ketones (excluding diaryl/α,β-unsaturated/α-hetero) is 1. The minimum absolute atomic E-state index is 0.184. The second-order valence-corrected chi connectivity index (χ2v) is 4.08. The molecule has 0 aliphatic heterocycles. The van der Waals surface area contributed by atoms with E-state index >= 15 is 0 Å². The van der Waals surface area contributed by atoms with Crippen LogP contribution in [0.5, 0.6) is 0 Å². The second-order valence-electron chi connectivity index (χ2n) is 4.08. The molecule has 2 N–H and O–H groups in total. The number of nitrogens with zero attached hydrogens (tertiary/aromatic N) is 1. The highest BCUT2D eigenvalue weighted by Gasteiger charge is 2.06. The maximum atomic E-state index is 11.9. The van der Waals surface area contributed by atoms with Crippen molar-refractivity contribution >= 4 is 16.7 Å². The number of hydrogen-bond donors (Lipinski definition) is 1. The molecule has 0 unspecified atom stereocenters. The molecule has 2 rings (SSSR count). The average Bonchev–Trinajstić information content (AvgIpc) is 2.38. The van der Waals surface area contributed by atoms with Crippen molar-refractivity contribution in [1.29, 1.82) is 0 Å². The van der Waals surface area contributed by atoms with E-state index in [0.29, 0.717) is 13.0 Å². The first-order valence-corrected chi connectivity index (χ1v) is 5.89. The molecule has 0 spiro atoms. The number of ketones is 1. The monoisotopic (exact) mass is 228 g/mol. The number of fused-ring (bicyclic) bond motifs is 1. The molecule has 17 heavy (non-hydrogen) atoms. The molecule has 2 aromatic rings. The average molecular weight is 228 g/mol. The fraction of sp³-hybridized carbons (Fsp3) is 0.286.